The van der Waals surface area contributed by atoms with Crippen LogP contribution in [0.3, 0.4) is 0 Å². The van der Waals surface area contributed by atoms with Gasteiger partial charge in [0.15, 0.2) is 22.2 Å². The van der Waals surface area contributed by atoms with Crippen LogP contribution in [-0.4, -0.2) is 22.2 Å². The van der Waals surface area contributed by atoms with E-state index >= 15 is 0 Å². The molecule has 0 aromatic carbocycles. The van der Waals surface area contributed by atoms with Crippen LogP contribution in [-0.2, 0) is 0 Å². The molecule has 0 radical (unpaired) electrons. The van der Waals surface area contributed by atoms with E-state index in [2.05, 4.69) is 45.0 Å². The highest BCUT2D eigenvalue weighted by atomic mass is 35.6. The monoisotopic (exact) mass is 304 g/mol. The third-order valence-electron chi connectivity index (χ3n) is 1.77. The molecular formula is C8H19Cl3Si3. The Kier molecular flexibility index (Phi) is 5.05. The van der Waals surface area contributed by atoms with Gasteiger partial charge in [-0.1, -0.05) is 49.8 Å². The fourth-order valence-corrected chi connectivity index (χ4v) is 19.2. The van der Waals surface area contributed by atoms with Crippen molar-refractivity contribution in [3.63, 3.8) is 0 Å². The van der Waals surface area contributed by atoms with Crippen LogP contribution in [0.1, 0.15) is 0 Å². The zero-order valence-electron chi connectivity index (χ0n) is 9.71. The SMILES string of the molecule is C[Si](C)(Cl)C=C([Si](C)(C)Cl)[Si](C)(C)Cl. The average Bonchev–Trinajstić information content (AvgIpc) is 1.75. The van der Waals surface area contributed by atoms with Crippen molar-refractivity contribution in [2.75, 3.05) is 0 Å². The molecule has 0 fully saturated rings. The van der Waals surface area contributed by atoms with Gasteiger partial charge in [-0.3, -0.25) is 0 Å². The second-order valence-electron chi connectivity index (χ2n) is 5.07. The molecule has 0 nitrogen and oxygen atoms in total. The molecule has 0 aromatic rings. The summed E-state index contributed by atoms with van der Waals surface area (Å²) < 4.78 is 0. The van der Waals surface area contributed by atoms with Crippen molar-refractivity contribution in [2.24, 2.45) is 0 Å². The standard InChI is InChI=1S/C8H19Cl3Si3/c1-12(2,9)7-8(13(3,4)10)14(5,6)11/h7H,1-6H3. The van der Waals surface area contributed by atoms with E-state index < -0.39 is 22.2 Å². The Morgan fingerprint density at radius 3 is 1.14 bits per heavy atom. The summed E-state index contributed by atoms with van der Waals surface area (Å²) in [6, 6.07) is 0. The quantitative estimate of drug-likeness (QED) is 0.516. The number of hydrogen-bond donors (Lipinski definition) is 0. The van der Waals surface area contributed by atoms with Crippen molar-refractivity contribution in [3.8, 4) is 0 Å². The van der Waals surface area contributed by atoms with Crippen molar-refractivity contribution >= 4 is 55.4 Å². The molecule has 0 amide bonds. The highest BCUT2D eigenvalue weighted by Crippen LogP contribution is 2.32. The van der Waals surface area contributed by atoms with Gasteiger partial charge < -0.3 is 0 Å². The van der Waals surface area contributed by atoms with E-state index in [1.807, 2.05) is 0 Å². The first-order chi connectivity index (χ1) is 5.84. The number of halogens is 3. The molecule has 0 bridgehead atoms. The minimum atomic E-state index is -1.82. The molecule has 6 heteroatoms. The Bertz CT molecular complexity index is 214. The third kappa shape index (κ3) is 5.98. The molecule has 0 aliphatic carbocycles. The summed E-state index contributed by atoms with van der Waals surface area (Å²) in [4.78, 5) is 1.29. The van der Waals surface area contributed by atoms with E-state index in [1.54, 1.807) is 0 Å². The molecule has 0 atom stereocenters. The molecule has 0 aliphatic heterocycles. The molecule has 0 saturated carbocycles. The molecule has 0 rings (SSSR count). The van der Waals surface area contributed by atoms with Gasteiger partial charge in [-0.2, -0.15) is 33.2 Å². The smallest absolute Gasteiger partial charge is 0.162 e. The number of rotatable bonds is 3. The fourth-order valence-electron chi connectivity index (χ4n) is 1.39. The maximum Gasteiger partial charge on any atom is 0.173 e. The molecule has 14 heavy (non-hydrogen) atoms. The predicted octanol–water partition coefficient (Wildman–Crippen LogP) is 4.86. The van der Waals surface area contributed by atoms with Gasteiger partial charge in [-0.05, 0) is 0 Å². The normalized spacial score (nSPS) is 14.1. The minimum absolute atomic E-state index is 1.29. The van der Waals surface area contributed by atoms with Crippen molar-refractivity contribution in [1.82, 2.24) is 0 Å². The maximum atomic E-state index is 6.47. The van der Waals surface area contributed by atoms with E-state index in [0.29, 0.717) is 0 Å². The van der Waals surface area contributed by atoms with Crippen LogP contribution < -0.4 is 0 Å². The summed E-state index contributed by atoms with van der Waals surface area (Å²) in [6.45, 7) is 12.7. The van der Waals surface area contributed by atoms with Gasteiger partial charge in [-0.15, -0.1) is 0 Å². The molecule has 0 N–H and O–H groups in total. The Hall–Kier alpha value is 1.26. The first kappa shape index (κ1) is 15.3. The first-order valence-corrected chi connectivity index (χ1v) is 16.8. The summed E-state index contributed by atoms with van der Waals surface area (Å²) in [5.41, 5.74) is 2.20. The van der Waals surface area contributed by atoms with E-state index in [9.17, 15) is 0 Å². The Morgan fingerprint density at radius 1 is 0.786 bits per heavy atom. The largest absolute Gasteiger partial charge is 0.173 e. The van der Waals surface area contributed by atoms with Gasteiger partial charge in [-0.25, -0.2) is 0 Å². The topological polar surface area (TPSA) is 0 Å². The van der Waals surface area contributed by atoms with Crippen molar-refractivity contribution in [3.05, 3.63) is 10.5 Å². The van der Waals surface area contributed by atoms with E-state index in [-0.39, 0.29) is 0 Å². The van der Waals surface area contributed by atoms with Gasteiger partial charge in [0.2, 0.25) is 0 Å². The van der Waals surface area contributed by atoms with Crippen LogP contribution in [0.15, 0.2) is 10.5 Å². The van der Waals surface area contributed by atoms with Crippen molar-refractivity contribution in [2.45, 2.75) is 39.3 Å². The highest BCUT2D eigenvalue weighted by Gasteiger charge is 2.37. The summed E-state index contributed by atoms with van der Waals surface area (Å²) >= 11 is 19.3. The van der Waals surface area contributed by atoms with Gasteiger partial charge >= 0.3 is 0 Å². The predicted molar refractivity (Wildman–Crippen MR) is 78.1 cm³/mol. The Balaban J connectivity index is 5.26. The van der Waals surface area contributed by atoms with Gasteiger partial charge in [0, 0.05) is 0 Å². The lowest BCUT2D eigenvalue weighted by Crippen LogP contribution is -2.38. The Labute approximate surface area is 105 Å². The summed E-state index contributed by atoms with van der Waals surface area (Å²) in [5.74, 6) is 0. The lowest BCUT2D eigenvalue weighted by molar-refractivity contribution is 1.78. The molecule has 0 unspecified atom stereocenters. The van der Waals surface area contributed by atoms with Crippen molar-refractivity contribution < 1.29 is 0 Å². The van der Waals surface area contributed by atoms with Crippen molar-refractivity contribution in [1.29, 1.82) is 0 Å². The lowest BCUT2D eigenvalue weighted by atomic mass is 11.2. The molecule has 0 saturated heterocycles. The zero-order chi connectivity index (χ0) is 11.8. The van der Waals surface area contributed by atoms with Crippen LogP contribution in [0.2, 0.25) is 39.3 Å². The number of hydrogen-bond acceptors (Lipinski definition) is 0. The molecule has 0 heterocycles. The zero-order valence-corrected chi connectivity index (χ0v) is 15.0. The summed E-state index contributed by atoms with van der Waals surface area (Å²) in [5, 5.41) is 0. The average molecular weight is 306 g/mol. The minimum Gasteiger partial charge on any atom is -0.162 e. The maximum absolute atomic E-state index is 6.47. The van der Waals surface area contributed by atoms with Crippen LogP contribution in [0, 0.1) is 0 Å². The van der Waals surface area contributed by atoms with Crippen LogP contribution in [0.25, 0.3) is 0 Å². The first-order valence-electron chi connectivity index (χ1n) is 4.64. The van der Waals surface area contributed by atoms with Crippen LogP contribution in [0.5, 0.6) is 0 Å². The Morgan fingerprint density at radius 2 is 1.07 bits per heavy atom. The second-order valence-corrected chi connectivity index (χ2v) is 24.5. The molecular weight excluding hydrogens is 287 g/mol. The van der Waals surface area contributed by atoms with Crippen LogP contribution in [0.4, 0.5) is 0 Å². The van der Waals surface area contributed by atoms with E-state index in [4.69, 9.17) is 33.2 Å². The molecule has 0 aromatic heterocycles. The molecule has 0 aliphatic rings. The molecule has 0 spiro atoms. The van der Waals surface area contributed by atoms with Gasteiger partial charge in [0.1, 0.15) is 0 Å². The van der Waals surface area contributed by atoms with Crippen LogP contribution >= 0.6 is 33.2 Å². The summed E-state index contributed by atoms with van der Waals surface area (Å²) in [6.07, 6.45) is 0. The van der Waals surface area contributed by atoms with E-state index in [0.717, 1.165) is 0 Å². The molecule has 84 valence electrons. The second kappa shape index (κ2) is 4.63. The third-order valence-corrected chi connectivity index (χ3v) is 12.4. The van der Waals surface area contributed by atoms with Gasteiger partial charge in [0.25, 0.3) is 0 Å². The van der Waals surface area contributed by atoms with E-state index in [1.165, 1.54) is 4.82 Å². The fraction of sp³-hybridized carbons (Fsp3) is 0.750. The summed E-state index contributed by atoms with van der Waals surface area (Å²) in [7, 11) is -5.37. The lowest BCUT2D eigenvalue weighted by Gasteiger charge is -2.28. The highest BCUT2D eigenvalue weighted by molar-refractivity contribution is 7.39. The van der Waals surface area contributed by atoms with Gasteiger partial charge in [0.05, 0.1) is 0 Å².